The van der Waals surface area contributed by atoms with Gasteiger partial charge in [-0.15, -0.1) is 12.4 Å². The number of hydrogen-bond acceptors (Lipinski definition) is 4. The fourth-order valence-corrected chi connectivity index (χ4v) is 3.25. The Bertz CT molecular complexity index is 483. The number of nitrogens with zero attached hydrogens (tertiary/aromatic N) is 2. The summed E-state index contributed by atoms with van der Waals surface area (Å²) in [6.07, 6.45) is 3.34. The third-order valence-corrected chi connectivity index (χ3v) is 4.54. The fourth-order valence-electron chi connectivity index (χ4n) is 3.25. The zero-order chi connectivity index (χ0) is 13.5. The zero-order valence-corrected chi connectivity index (χ0v) is 12.8. The highest BCUT2D eigenvalue weighted by Gasteiger charge is 2.58. The van der Waals surface area contributed by atoms with Gasteiger partial charge in [0.1, 0.15) is 11.5 Å². The van der Waals surface area contributed by atoms with E-state index in [1.165, 1.54) is 0 Å². The summed E-state index contributed by atoms with van der Waals surface area (Å²) in [5.74, 6) is 1.28. The van der Waals surface area contributed by atoms with E-state index < -0.39 is 0 Å². The van der Waals surface area contributed by atoms with E-state index in [1.807, 2.05) is 20.0 Å². The lowest BCUT2D eigenvalue weighted by atomic mass is 9.91. The summed E-state index contributed by atoms with van der Waals surface area (Å²) in [5.41, 5.74) is 1.13. The topological polar surface area (TPSA) is 58.4 Å². The molecular formula is C14H22ClN3O2. The number of rotatable bonds is 3. The van der Waals surface area contributed by atoms with Gasteiger partial charge in [-0.3, -0.25) is 4.79 Å². The average molecular weight is 300 g/mol. The van der Waals surface area contributed by atoms with Crippen LogP contribution < -0.4 is 5.32 Å². The van der Waals surface area contributed by atoms with Gasteiger partial charge in [0.2, 0.25) is 5.91 Å². The summed E-state index contributed by atoms with van der Waals surface area (Å²) in [6, 6.07) is 1.89. The molecule has 0 aromatic carbocycles. The number of halogens is 1. The Hall–Kier alpha value is -1.07. The predicted octanol–water partition coefficient (Wildman–Crippen LogP) is 1.75. The molecule has 0 bridgehead atoms. The second-order valence-electron chi connectivity index (χ2n) is 5.99. The number of carbonyl (C=O) groups is 1. The van der Waals surface area contributed by atoms with Crippen LogP contribution in [0.2, 0.25) is 0 Å². The number of aryl methyl sites for hydroxylation is 1. The minimum Gasteiger partial charge on any atom is -0.361 e. The highest BCUT2D eigenvalue weighted by Crippen LogP contribution is 2.59. The van der Waals surface area contributed by atoms with Gasteiger partial charge >= 0.3 is 0 Å². The Morgan fingerprint density at radius 2 is 2.25 bits per heavy atom. The predicted molar refractivity (Wildman–Crippen MR) is 77.6 cm³/mol. The van der Waals surface area contributed by atoms with E-state index in [1.54, 1.807) is 4.90 Å². The molecule has 112 valence electrons. The van der Waals surface area contributed by atoms with Crippen molar-refractivity contribution in [2.45, 2.75) is 32.7 Å². The van der Waals surface area contributed by atoms with E-state index in [9.17, 15) is 4.79 Å². The molecule has 1 aromatic heterocycles. The first kappa shape index (κ1) is 15.3. The lowest BCUT2D eigenvalue weighted by molar-refractivity contribution is -0.132. The molecule has 1 unspecified atom stereocenters. The van der Waals surface area contributed by atoms with Gasteiger partial charge < -0.3 is 14.7 Å². The summed E-state index contributed by atoms with van der Waals surface area (Å²) in [6.45, 7) is 4.51. The van der Waals surface area contributed by atoms with Crippen molar-refractivity contribution in [3.05, 3.63) is 17.5 Å². The second kappa shape index (κ2) is 5.74. The van der Waals surface area contributed by atoms with Gasteiger partial charge in [-0.05, 0) is 44.7 Å². The minimum atomic E-state index is 0. The molecule has 1 atom stereocenters. The first-order valence-electron chi connectivity index (χ1n) is 6.99. The molecule has 1 amide bonds. The molecule has 20 heavy (non-hydrogen) atoms. The fraction of sp³-hybridized carbons (Fsp3) is 0.714. The van der Waals surface area contributed by atoms with E-state index in [2.05, 4.69) is 10.5 Å². The Labute approximate surface area is 125 Å². The van der Waals surface area contributed by atoms with Crippen molar-refractivity contribution in [2.75, 3.05) is 20.1 Å². The number of piperidine rings is 1. The molecule has 1 aliphatic heterocycles. The lowest BCUT2D eigenvalue weighted by Gasteiger charge is -2.24. The second-order valence-corrected chi connectivity index (χ2v) is 5.99. The van der Waals surface area contributed by atoms with Gasteiger partial charge in [-0.2, -0.15) is 0 Å². The van der Waals surface area contributed by atoms with Crippen molar-refractivity contribution in [3.8, 4) is 0 Å². The number of carbonyl (C=O) groups excluding carboxylic acids is 1. The van der Waals surface area contributed by atoms with E-state index in [-0.39, 0.29) is 24.2 Å². The number of aromatic nitrogens is 1. The maximum absolute atomic E-state index is 12.4. The molecule has 5 nitrogen and oxygen atoms in total. The van der Waals surface area contributed by atoms with E-state index in [4.69, 9.17) is 4.52 Å². The molecule has 1 aliphatic carbocycles. The molecule has 1 saturated carbocycles. The number of amides is 1. The Morgan fingerprint density at radius 3 is 2.85 bits per heavy atom. The molecule has 3 rings (SSSR count). The third-order valence-electron chi connectivity index (χ3n) is 4.54. The molecule has 1 spiro atoms. The summed E-state index contributed by atoms with van der Waals surface area (Å²) < 4.78 is 5.03. The first-order chi connectivity index (χ1) is 9.11. The molecule has 6 heteroatoms. The Balaban J connectivity index is 0.00000147. The van der Waals surface area contributed by atoms with Crippen LogP contribution in [-0.4, -0.2) is 36.1 Å². The van der Waals surface area contributed by atoms with Crippen LogP contribution >= 0.6 is 12.4 Å². The van der Waals surface area contributed by atoms with E-state index in [0.717, 1.165) is 43.8 Å². The Morgan fingerprint density at radius 1 is 1.55 bits per heavy atom. The average Bonchev–Trinajstić information content (AvgIpc) is 2.92. The van der Waals surface area contributed by atoms with Crippen molar-refractivity contribution < 1.29 is 9.32 Å². The van der Waals surface area contributed by atoms with Crippen LogP contribution in [0.1, 0.15) is 30.7 Å². The molecule has 1 N–H and O–H groups in total. The van der Waals surface area contributed by atoms with Crippen molar-refractivity contribution in [1.82, 2.24) is 15.4 Å². The van der Waals surface area contributed by atoms with Gasteiger partial charge in [0.05, 0.1) is 6.54 Å². The number of hydrogen-bond donors (Lipinski definition) is 1. The van der Waals surface area contributed by atoms with Crippen LogP contribution in [0.3, 0.4) is 0 Å². The third kappa shape index (κ3) is 2.83. The molecular weight excluding hydrogens is 278 g/mol. The van der Waals surface area contributed by atoms with Gasteiger partial charge in [0.25, 0.3) is 0 Å². The van der Waals surface area contributed by atoms with Crippen molar-refractivity contribution >= 4 is 18.3 Å². The van der Waals surface area contributed by atoms with Crippen molar-refractivity contribution in [2.24, 2.45) is 11.3 Å². The van der Waals surface area contributed by atoms with Crippen LogP contribution in [0.25, 0.3) is 0 Å². The molecule has 1 aromatic rings. The number of nitrogens with one attached hydrogen (secondary N) is 1. The SMILES string of the molecule is Cc1cc(CN(C)C(=O)C2CC23CCNCC3)no1.Cl. The summed E-state index contributed by atoms with van der Waals surface area (Å²) in [4.78, 5) is 14.2. The molecule has 0 radical (unpaired) electrons. The first-order valence-corrected chi connectivity index (χ1v) is 6.99. The molecule has 1 saturated heterocycles. The Kier molecular flexibility index (Phi) is 4.39. The van der Waals surface area contributed by atoms with Gasteiger partial charge in [-0.25, -0.2) is 0 Å². The minimum absolute atomic E-state index is 0. The van der Waals surface area contributed by atoms with E-state index in [0.29, 0.717) is 12.0 Å². The molecule has 2 aliphatic rings. The van der Waals surface area contributed by atoms with E-state index >= 15 is 0 Å². The van der Waals surface area contributed by atoms with Crippen LogP contribution in [-0.2, 0) is 11.3 Å². The van der Waals surface area contributed by atoms with Crippen LogP contribution in [0, 0.1) is 18.3 Å². The molecule has 2 heterocycles. The highest BCUT2D eigenvalue weighted by atomic mass is 35.5. The quantitative estimate of drug-likeness (QED) is 0.924. The summed E-state index contributed by atoms with van der Waals surface area (Å²) in [5, 5.41) is 7.31. The van der Waals surface area contributed by atoms with Crippen LogP contribution in [0.5, 0.6) is 0 Å². The van der Waals surface area contributed by atoms with Gasteiger partial charge in [0, 0.05) is 19.0 Å². The highest BCUT2D eigenvalue weighted by molar-refractivity contribution is 5.85. The van der Waals surface area contributed by atoms with Crippen LogP contribution in [0.4, 0.5) is 0 Å². The van der Waals surface area contributed by atoms with Crippen molar-refractivity contribution in [1.29, 1.82) is 0 Å². The zero-order valence-electron chi connectivity index (χ0n) is 12.0. The van der Waals surface area contributed by atoms with Gasteiger partial charge in [-0.1, -0.05) is 5.16 Å². The maximum atomic E-state index is 12.4. The lowest BCUT2D eigenvalue weighted by Crippen LogP contribution is -2.34. The normalized spacial score (nSPS) is 23.2. The monoisotopic (exact) mass is 299 g/mol. The maximum Gasteiger partial charge on any atom is 0.226 e. The largest absolute Gasteiger partial charge is 0.361 e. The smallest absolute Gasteiger partial charge is 0.226 e. The van der Waals surface area contributed by atoms with Gasteiger partial charge in [0.15, 0.2) is 0 Å². The van der Waals surface area contributed by atoms with Crippen LogP contribution in [0.15, 0.2) is 10.6 Å². The van der Waals surface area contributed by atoms with Crippen molar-refractivity contribution in [3.63, 3.8) is 0 Å². The summed E-state index contributed by atoms with van der Waals surface area (Å²) in [7, 11) is 1.86. The standard InChI is InChI=1S/C14H21N3O2.ClH/c1-10-7-11(16-19-10)9-17(2)13(18)12-8-14(12)3-5-15-6-4-14;/h7,12,15H,3-6,8-9H2,1-2H3;1H. The summed E-state index contributed by atoms with van der Waals surface area (Å²) >= 11 is 0. The molecule has 2 fully saturated rings.